The smallest absolute Gasteiger partial charge is 0.229 e. The Bertz CT molecular complexity index is 688. The van der Waals surface area contributed by atoms with E-state index in [9.17, 15) is 0 Å². The quantitative estimate of drug-likeness (QED) is 0.720. The third kappa shape index (κ3) is 2.56. The van der Waals surface area contributed by atoms with Crippen LogP contribution in [0.1, 0.15) is 31.5 Å². The maximum atomic E-state index is 5.16. The summed E-state index contributed by atoms with van der Waals surface area (Å²) in [7, 11) is 0. The molecule has 102 valence electrons. The lowest BCUT2D eigenvalue weighted by Gasteiger charge is -1.94. The Labute approximate surface area is 115 Å². The molecule has 0 aromatic carbocycles. The Hall–Kier alpha value is -2.57. The molecule has 0 aliphatic rings. The molecule has 3 aromatic heterocycles. The van der Waals surface area contributed by atoms with Crippen molar-refractivity contribution >= 4 is 0 Å². The number of rotatable bonds is 4. The van der Waals surface area contributed by atoms with Gasteiger partial charge in [-0.15, -0.1) is 5.10 Å². The first-order valence-electron chi connectivity index (χ1n) is 6.35. The SMILES string of the molecule is CC(C)c1nc(Cn2cc(-c3ccncc3)nn2)no1. The fourth-order valence-corrected chi connectivity index (χ4v) is 1.74. The molecule has 0 unspecified atom stereocenters. The van der Waals surface area contributed by atoms with Crippen LogP contribution in [0.3, 0.4) is 0 Å². The maximum absolute atomic E-state index is 5.16. The van der Waals surface area contributed by atoms with Crippen LogP contribution in [0.2, 0.25) is 0 Å². The molecule has 20 heavy (non-hydrogen) atoms. The van der Waals surface area contributed by atoms with E-state index in [2.05, 4.69) is 25.4 Å². The molecule has 0 saturated heterocycles. The predicted octanol–water partition coefficient (Wildman–Crippen LogP) is 1.89. The van der Waals surface area contributed by atoms with Crippen LogP contribution in [0.25, 0.3) is 11.3 Å². The van der Waals surface area contributed by atoms with E-state index >= 15 is 0 Å². The van der Waals surface area contributed by atoms with Gasteiger partial charge in [-0.2, -0.15) is 4.98 Å². The van der Waals surface area contributed by atoms with Gasteiger partial charge in [-0.3, -0.25) is 4.98 Å². The van der Waals surface area contributed by atoms with Gasteiger partial charge < -0.3 is 4.52 Å². The highest BCUT2D eigenvalue weighted by molar-refractivity contribution is 5.56. The average Bonchev–Trinajstić information content (AvgIpc) is 3.10. The molecule has 3 rings (SSSR count). The highest BCUT2D eigenvalue weighted by Crippen LogP contribution is 2.15. The summed E-state index contributed by atoms with van der Waals surface area (Å²) in [5.74, 6) is 1.45. The molecule has 3 heterocycles. The summed E-state index contributed by atoms with van der Waals surface area (Å²) in [5, 5.41) is 12.1. The van der Waals surface area contributed by atoms with Crippen LogP contribution in [0, 0.1) is 0 Å². The molecule has 0 aliphatic carbocycles. The zero-order chi connectivity index (χ0) is 13.9. The summed E-state index contributed by atoms with van der Waals surface area (Å²) >= 11 is 0. The van der Waals surface area contributed by atoms with Crippen molar-refractivity contribution in [3.05, 3.63) is 42.4 Å². The number of nitrogens with zero attached hydrogens (tertiary/aromatic N) is 6. The lowest BCUT2D eigenvalue weighted by Crippen LogP contribution is -2.02. The van der Waals surface area contributed by atoms with E-state index < -0.39 is 0 Å². The van der Waals surface area contributed by atoms with Gasteiger partial charge >= 0.3 is 0 Å². The molecule has 0 bridgehead atoms. The highest BCUT2D eigenvalue weighted by Gasteiger charge is 2.11. The monoisotopic (exact) mass is 270 g/mol. The van der Waals surface area contributed by atoms with E-state index in [4.69, 9.17) is 4.52 Å². The van der Waals surface area contributed by atoms with Crippen LogP contribution >= 0.6 is 0 Å². The highest BCUT2D eigenvalue weighted by atomic mass is 16.5. The third-order valence-corrected chi connectivity index (χ3v) is 2.80. The average molecular weight is 270 g/mol. The molecule has 0 aliphatic heterocycles. The van der Waals surface area contributed by atoms with Crippen LogP contribution in [0.4, 0.5) is 0 Å². The number of hydrogen-bond acceptors (Lipinski definition) is 6. The van der Waals surface area contributed by atoms with Crippen LogP contribution < -0.4 is 0 Å². The molecule has 7 nitrogen and oxygen atoms in total. The molecule has 0 amide bonds. The van der Waals surface area contributed by atoms with E-state index in [1.165, 1.54) is 0 Å². The first-order chi connectivity index (χ1) is 9.72. The lowest BCUT2D eigenvalue weighted by molar-refractivity contribution is 0.359. The molecule has 0 radical (unpaired) electrons. The van der Waals surface area contributed by atoms with Gasteiger partial charge in [-0.25, -0.2) is 4.68 Å². The zero-order valence-corrected chi connectivity index (χ0v) is 11.3. The zero-order valence-electron chi connectivity index (χ0n) is 11.3. The fraction of sp³-hybridized carbons (Fsp3) is 0.308. The fourth-order valence-electron chi connectivity index (χ4n) is 1.74. The Morgan fingerprint density at radius 3 is 2.75 bits per heavy atom. The van der Waals surface area contributed by atoms with Gasteiger partial charge in [0, 0.05) is 23.9 Å². The second kappa shape index (κ2) is 5.20. The topological polar surface area (TPSA) is 82.5 Å². The molecule has 0 N–H and O–H groups in total. The molecule has 0 fully saturated rings. The van der Waals surface area contributed by atoms with E-state index in [1.807, 2.05) is 32.2 Å². The van der Waals surface area contributed by atoms with Crippen LogP contribution in [0.15, 0.2) is 35.2 Å². The minimum absolute atomic E-state index is 0.222. The molecule has 0 atom stereocenters. The van der Waals surface area contributed by atoms with Gasteiger partial charge in [0.15, 0.2) is 5.82 Å². The molecular weight excluding hydrogens is 256 g/mol. The Kier molecular flexibility index (Phi) is 3.24. The van der Waals surface area contributed by atoms with Gasteiger partial charge in [-0.05, 0) is 12.1 Å². The van der Waals surface area contributed by atoms with E-state index in [0.717, 1.165) is 11.3 Å². The molecule has 0 spiro atoms. The van der Waals surface area contributed by atoms with Gasteiger partial charge in [0.05, 0.1) is 6.20 Å². The van der Waals surface area contributed by atoms with E-state index in [0.29, 0.717) is 18.3 Å². The number of hydrogen-bond donors (Lipinski definition) is 0. The first kappa shape index (κ1) is 12.5. The summed E-state index contributed by atoms with van der Waals surface area (Å²) in [6, 6.07) is 3.78. The van der Waals surface area contributed by atoms with Gasteiger partial charge in [0.25, 0.3) is 0 Å². The van der Waals surface area contributed by atoms with E-state index in [1.54, 1.807) is 17.1 Å². The first-order valence-corrected chi connectivity index (χ1v) is 6.35. The van der Waals surface area contributed by atoms with Gasteiger partial charge in [0.1, 0.15) is 12.2 Å². The van der Waals surface area contributed by atoms with Crippen LogP contribution in [-0.2, 0) is 6.54 Å². The Morgan fingerprint density at radius 2 is 2.05 bits per heavy atom. The maximum Gasteiger partial charge on any atom is 0.229 e. The van der Waals surface area contributed by atoms with Crippen molar-refractivity contribution in [1.82, 2.24) is 30.1 Å². The van der Waals surface area contributed by atoms with Gasteiger partial charge in [0.2, 0.25) is 5.89 Å². The largest absolute Gasteiger partial charge is 0.339 e. The van der Waals surface area contributed by atoms with Crippen molar-refractivity contribution in [1.29, 1.82) is 0 Å². The summed E-state index contributed by atoms with van der Waals surface area (Å²) in [4.78, 5) is 8.29. The second-order valence-corrected chi connectivity index (χ2v) is 4.74. The Morgan fingerprint density at radius 1 is 1.25 bits per heavy atom. The van der Waals surface area contributed by atoms with E-state index in [-0.39, 0.29) is 5.92 Å². The minimum atomic E-state index is 0.222. The van der Waals surface area contributed by atoms with Gasteiger partial charge in [-0.1, -0.05) is 24.2 Å². The number of pyridine rings is 1. The van der Waals surface area contributed by atoms with Crippen molar-refractivity contribution in [3.8, 4) is 11.3 Å². The third-order valence-electron chi connectivity index (χ3n) is 2.80. The molecule has 3 aromatic rings. The molecule has 0 saturated carbocycles. The van der Waals surface area contributed by atoms with Crippen molar-refractivity contribution in [2.75, 3.05) is 0 Å². The number of aromatic nitrogens is 6. The predicted molar refractivity (Wildman–Crippen MR) is 70.7 cm³/mol. The molecular formula is C13H14N6O. The summed E-state index contributed by atoms with van der Waals surface area (Å²) in [6.07, 6.45) is 5.30. The van der Waals surface area contributed by atoms with Crippen LogP contribution in [-0.4, -0.2) is 30.1 Å². The van der Waals surface area contributed by atoms with Crippen LogP contribution in [0.5, 0.6) is 0 Å². The molecule has 7 heteroatoms. The summed E-state index contributed by atoms with van der Waals surface area (Å²) in [5.41, 5.74) is 1.77. The van der Waals surface area contributed by atoms with Crippen molar-refractivity contribution in [2.45, 2.75) is 26.3 Å². The lowest BCUT2D eigenvalue weighted by atomic mass is 10.2. The summed E-state index contributed by atoms with van der Waals surface area (Å²) < 4.78 is 6.84. The Balaban J connectivity index is 1.77. The second-order valence-electron chi connectivity index (χ2n) is 4.74. The minimum Gasteiger partial charge on any atom is -0.339 e. The summed E-state index contributed by atoms with van der Waals surface area (Å²) in [6.45, 7) is 4.46. The van der Waals surface area contributed by atoms with Crippen molar-refractivity contribution in [3.63, 3.8) is 0 Å². The normalized spacial score (nSPS) is 11.2. The van der Waals surface area contributed by atoms with Crippen molar-refractivity contribution in [2.24, 2.45) is 0 Å². The standard InChI is InChI=1S/C13H14N6O/c1-9(2)13-15-12(17-20-13)8-19-7-11(16-18-19)10-3-5-14-6-4-10/h3-7,9H,8H2,1-2H3. The van der Waals surface area contributed by atoms with Crippen molar-refractivity contribution < 1.29 is 4.52 Å².